The first-order valence-electron chi connectivity index (χ1n) is 12.6. The molecular formula is C28H36N2O7S. The number of aryl methyl sites for hydroxylation is 2. The molecule has 0 atom stereocenters. The molecule has 0 spiro atoms. The summed E-state index contributed by atoms with van der Waals surface area (Å²) in [6.45, 7) is 15.5. The molecule has 10 heteroatoms. The molecule has 2 aromatic carbocycles. The number of aromatic nitrogens is 2. The lowest BCUT2D eigenvalue weighted by molar-refractivity contribution is 0.0702. The van der Waals surface area contributed by atoms with Crippen molar-refractivity contribution >= 4 is 15.8 Å². The van der Waals surface area contributed by atoms with Crippen LogP contribution in [0.4, 0.5) is 0 Å². The number of carbonyl (C=O) groups is 1. The van der Waals surface area contributed by atoms with Gasteiger partial charge in [0.1, 0.15) is 0 Å². The Balaban J connectivity index is 2.17. The molecule has 9 nitrogen and oxygen atoms in total. The quantitative estimate of drug-likeness (QED) is 0.308. The van der Waals surface area contributed by atoms with Gasteiger partial charge < -0.3 is 18.9 Å². The van der Waals surface area contributed by atoms with Crippen LogP contribution in [-0.2, 0) is 15.4 Å². The van der Waals surface area contributed by atoms with E-state index in [1.165, 1.54) is 28.9 Å². The Hall–Kier alpha value is -3.53. The molecule has 0 amide bonds. The van der Waals surface area contributed by atoms with Crippen molar-refractivity contribution < 1.29 is 32.2 Å². The van der Waals surface area contributed by atoms with Crippen molar-refractivity contribution in [1.82, 2.24) is 9.78 Å². The van der Waals surface area contributed by atoms with Crippen LogP contribution in [0.5, 0.6) is 23.1 Å². The lowest BCUT2D eigenvalue weighted by atomic mass is 10.1. The van der Waals surface area contributed by atoms with Gasteiger partial charge in [-0.1, -0.05) is 17.7 Å². The van der Waals surface area contributed by atoms with Crippen LogP contribution in [0.3, 0.4) is 0 Å². The minimum Gasteiger partial charge on any atom is -0.490 e. The van der Waals surface area contributed by atoms with E-state index in [9.17, 15) is 13.2 Å². The van der Waals surface area contributed by atoms with E-state index < -0.39 is 21.3 Å². The number of rotatable bonds is 10. The number of carbonyl (C=O) groups excluding carboxylic acids is 1. The number of hydrogen-bond acceptors (Lipinski definition) is 8. The van der Waals surface area contributed by atoms with Crippen LogP contribution in [0.2, 0.25) is 0 Å². The van der Waals surface area contributed by atoms with Gasteiger partial charge >= 0.3 is 5.97 Å². The normalized spacial score (nSPS) is 11.8. The van der Waals surface area contributed by atoms with Crippen LogP contribution in [0.1, 0.15) is 63.2 Å². The summed E-state index contributed by atoms with van der Waals surface area (Å²) in [7, 11) is -4.06. The summed E-state index contributed by atoms with van der Waals surface area (Å²) >= 11 is 0. The third kappa shape index (κ3) is 5.96. The SMILES string of the molecule is CCOc1cc(C(=O)Oc2c(S(=O)(=O)c3ccc(C)cc3)c(C)nn2C(C)(C)C)cc(OCC)c1OCC. The largest absolute Gasteiger partial charge is 0.490 e. The van der Waals surface area contributed by atoms with E-state index in [2.05, 4.69) is 5.10 Å². The second-order valence-corrected chi connectivity index (χ2v) is 11.5. The fourth-order valence-electron chi connectivity index (χ4n) is 3.83. The summed E-state index contributed by atoms with van der Waals surface area (Å²) in [6, 6.07) is 9.48. The molecule has 0 saturated heterocycles. The molecule has 206 valence electrons. The number of sulfone groups is 1. The molecule has 0 radical (unpaired) electrons. The van der Waals surface area contributed by atoms with E-state index in [1.54, 1.807) is 19.1 Å². The maximum absolute atomic E-state index is 13.7. The molecule has 0 fully saturated rings. The average molecular weight is 545 g/mol. The fourth-order valence-corrected chi connectivity index (χ4v) is 5.35. The Morgan fingerprint density at radius 1 is 0.895 bits per heavy atom. The molecule has 1 aromatic heterocycles. The van der Waals surface area contributed by atoms with Crippen LogP contribution in [0, 0.1) is 13.8 Å². The summed E-state index contributed by atoms with van der Waals surface area (Å²) in [5, 5.41) is 4.46. The molecule has 0 aliphatic rings. The third-order valence-corrected chi connectivity index (χ3v) is 7.44. The minimum atomic E-state index is -4.06. The number of hydrogen-bond donors (Lipinski definition) is 0. The van der Waals surface area contributed by atoms with E-state index in [1.807, 2.05) is 48.5 Å². The molecule has 0 bridgehead atoms. The van der Waals surface area contributed by atoms with Gasteiger partial charge in [-0.3, -0.25) is 0 Å². The summed E-state index contributed by atoms with van der Waals surface area (Å²) in [4.78, 5) is 13.5. The van der Waals surface area contributed by atoms with Crippen molar-refractivity contribution in [2.24, 2.45) is 0 Å². The van der Waals surface area contributed by atoms with Crippen LogP contribution in [0.15, 0.2) is 46.2 Å². The Morgan fingerprint density at radius 3 is 1.89 bits per heavy atom. The van der Waals surface area contributed by atoms with E-state index >= 15 is 0 Å². The lowest BCUT2D eigenvalue weighted by Gasteiger charge is -2.22. The van der Waals surface area contributed by atoms with Crippen molar-refractivity contribution in [3.05, 3.63) is 53.2 Å². The summed E-state index contributed by atoms with van der Waals surface area (Å²) in [5.74, 6) is 0.0672. The number of nitrogens with zero attached hydrogens (tertiary/aromatic N) is 2. The Kier molecular flexibility index (Phi) is 8.76. The van der Waals surface area contributed by atoms with Crippen molar-refractivity contribution in [2.45, 2.75) is 70.7 Å². The first-order valence-corrected chi connectivity index (χ1v) is 14.0. The van der Waals surface area contributed by atoms with Crippen LogP contribution in [-0.4, -0.2) is 44.0 Å². The van der Waals surface area contributed by atoms with Gasteiger partial charge in [0.25, 0.3) is 0 Å². The van der Waals surface area contributed by atoms with E-state index in [0.29, 0.717) is 37.1 Å². The lowest BCUT2D eigenvalue weighted by Crippen LogP contribution is -2.26. The standard InChI is InChI=1S/C28H36N2O7S/c1-9-34-22-16-20(17-23(35-10-2)24(22)36-11-3)27(31)37-26-25(19(5)29-30(26)28(6,7)8)38(32,33)21-14-12-18(4)13-15-21/h12-17H,9-11H2,1-8H3. The zero-order valence-electron chi connectivity index (χ0n) is 23.2. The molecule has 3 rings (SSSR count). The van der Waals surface area contributed by atoms with Crippen LogP contribution < -0.4 is 18.9 Å². The number of benzene rings is 2. The molecule has 1 heterocycles. The van der Waals surface area contributed by atoms with Crippen molar-refractivity contribution in [1.29, 1.82) is 0 Å². The van der Waals surface area contributed by atoms with Gasteiger partial charge in [0, 0.05) is 0 Å². The molecule has 0 aliphatic heterocycles. The molecule has 0 N–H and O–H groups in total. The highest BCUT2D eigenvalue weighted by molar-refractivity contribution is 7.91. The third-order valence-electron chi connectivity index (χ3n) is 5.53. The van der Waals surface area contributed by atoms with Crippen LogP contribution in [0.25, 0.3) is 0 Å². The fraction of sp³-hybridized carbons (Fsp3) is 0.429. The molecule has 3 aromatic rings. The zero-order valence-corrected chi connectivity index (χ0v) is 24.1. The highest BCUT2D eigenvalue weighted by Crippen LogP contribution is 2.40. The second kappa shape index (κ2) is 11.5. The smallest absolute Gasteiger partial charge is 0.345 e. The Labute approximate surface area is 224 Å². The van der Waals surface area contributed by atoms with Gasteiger partial charge in [0.15, 0.2) is 16.4 Å². The van der Waals surface area contributed by atoms with Gasteiger partial charge in [-0.2, -0.15) is 5.10 Å². The first kappa shape index (κ1) is 29.0. The molecule has 0 saturated carbocycles. The molecule has 38 heavy (non-hydrogen) atoms. The predicted molar refractivity (Wildman–Crippen MR) is 143 cm³/mol. The van der Waals surface area contributed by atoms with Crippen molar-refractivity contribution in [2.75, 3.05) is 19.8 Å². The van der Waals surface area contributed by atoms with Crippen molar-refractivity contribution in [3.8, 4) is 23.1 Å². The minimum absolute atomic E-state index is 0.0790. The number of ether oxygens (including phenoxy) is 4. The van der Waals surface area contributed by atoms with Gasteiger partial charge in [0.2, 0.25) is 21.5 Å². The maximum atomic E-state index is 13.7. The van der Waals surface area contributed by atoms with Crippen LogP contribution >= 0.6 is 0 Å². The Bertz CT molecular complexity index is 1380. The Morgan fingerprint density at radius 2 is 1.42 bits per heavy atom. The molecular weight excluding hydrogens is 508 g/mol. The van der Waals surface area contributed by atoms with Gasteiger partial charge in [0.05, 0.1) is 41.5 Å². The predicted octanol–water partition coefficient (Wildman–Crippen LogP) is 5.50. The highest BCUT2D eigenvalue weighted by atomic mass is 32.2. The molecule has 0 aliphatic carbocycles. The van der Waals surface area contributed by atoms with Gasteiger partial charge in [-0.05, 0) is 79.7 Å². The van der Waals surface area contributed by atoms with E-state index in [-0.39, 0.29) is 26.9 Å². The van der Waals surface area contributed by atoms with E-state index in [0.717, 1.165) is 5.56 Å². The number of esters is 1. The van der Waals surface area contributed by atoms with Gasteiger partial charge in [-0.25, -0.2) is 17.9 Å². The summed E-state index contributed by atoms with van der Waals surface area (Å²) < 4.78 is 51.9. The monoisotopic (exact) mass is 544 g/mol. The first-order chi connectivity index (χ1) is 17.8. The second-order valence-electron chi connectivity index (χ2n) is 9.61. The highest BCUT2D eigenvalue weighted by Gasteiger charge is 2.35. The van der Waals surface area contributed by atoms with Crippen molar-refractivity contribution in [3.63, 3.8) is 0 Å². The van der Waals surface area contributed by atoms with E-state index in [4.69, 9.17) is 18.9 Å². The van der Waals surface area contributed by atoms with Gasteiger partial charge in [-0.15, -0.1) is 0 Å². The topological polar surface area (TPSA) is 106 Å². The maximum Gasteiger partial charge on any atom is 0.345 e. The zero-order chi connectivity index (χ0) is 28.3. The molecule has 0 unspecified atom stereocenters. The average Bonchev–Trinajstić information content (AvgIpc) is 3.18. The summed E-state index contributed by atoms with van der Waals surface area (Å²) in [5.41, 5.74) is 0.564. The summed E-state index contributed by atoms with van der Waals surface area (Å²) in [6.07, 6.45) is 0.